The van der Waals surface area contributed by atoms with Crippen molar-refractivity contribution in [3.8, 4) is 5.75 Å². The number of carbonyl (C=O) groups excluding carboxylic acids is 2. The van der Waals surface area contributed by atoms with Crippen LogP contribution in [0.3, 0.4) is 0 Å². The van der Waals surface area contributed by atoms with E-state index in [0.717, 1.165) is 27.3 Å². The lowest BCUT2D eigenvalue weighted by molar-refractivity contribution is -0.140. The molecule has 0 aliphatic carbocycles. The zero-order valence-electron chi connectivity index (χ0n) is 22.6. The van der Waals surface area contributed by atoms with Crippen molar-refractivity contribution in [2.75, 3.05) is 30.8 Å². The maximum Gasteiger partial charge on any atom is 0.244 e. The molecule has 0 saturated carbocycles. The molecule has 10 heteroatoms. The molecule has 3 aromatic rings. The van der Waals surface area contributed by atoms with E-state index in [4.69, 9.17) is 16.3 Å². The van der Waals surface area contributed by atoms with Gasteiger partial charge < -0.3 is 15.0 Å². The second kappa shape index (κ2) is 13.5. The second-order valence-electron chi connectivity index (χ2n) is 9.19. The van der Waals surface area contributed by atoms with Gasteiger partial charge in [0, 0.05) is 24.5 Å². The number of amides is 2. The molecule has 3 rings (SSSR count). The minimum Gasteiger partial charge on any atom is -0.495 e. The average molecular weight is 572 g/mol. The summed E-state index contributed by atoms with van der Waals surface area (Å²) >= 11 is 6.18. The van der Waals surface area contributed by atoms with Crippen molar-refractivity contribution < 1.29 is 22.7 Å². The number of sulfonamides is 1. The van der Waals surface area contributed by atoms with E-state index >= 15 is 0 Å². The fraction of sp³-hybridized carbons (Fsp3) is 0.310. The number of halogens is 1. The van der Waals surface area contributed by atoms with Crippen molar-refractivity contribution in [1.29, 1.82) is 0 Å². The number of likely N-dealkylation sites (N-methyl/N-ethyl adjacent to an activating group) is 1. The van der Waals surface area contributed by atoms with Crippen molar-refractivity contribution >= 4 is 39.1 Å². The minimum atomic E-state index is -3.94. The Balaban J connectivity index is 2.07. The van der Waals surface area contributed by atoms with Gasteiger partial charge in [-0.25, -0.2) is 8.42 Å². The van der Waals surface area contributed by atoms with Crippen LogP contribution in [-0.2, 0) is 32.6 Å². The topological polar surface area (TPSA) is 96.0 Å². The summed E-state index contributed by atoms with van der Waals surface area (Å²) < 4.78 is 32.2. The van der Waals surface area contributed by atoms with E-state index in [1.54, 1.807) is 13.0 Å². The predicted molar refractivity (Wildman–Crippen MR) is 155 cm³/mol. The van der Waals surface area contributed by atoms with Crippen molar-refractivity contribution in [2.24, 2.45) is 0 Å². The van der Waals surface area contributed by atoms with E-state index in [1.165, 1.54) is 24.1 Å². The van der Waals surface area contributed by atoms with Gasteiger partial charge in [-0.05, 0) is 43.2 Å². The number of nitrogens with one attached hydrogen (secondary N) is 1. The molecule has 1 atom stereocenters. The molecule has 0 fully saturated rings. The lowest BCUT2D eigenvalue weighted by Crippen LogP contribution is -2.53. The summed E-state index contributed by atoms with van der Waals surface area (Å²) in [6, 6.07) is 20.7. The lowest BCUT2D eigenvalue weighted by atomic mass is 10.0. The van der Waals surface area contributed by atoms with E-state index in [9.17, 15) is 18.0 Å². The molecule has 8 nitrogen and oxygen atoms in total. The number of aryl methyl sites for hydroxylation is 1. The molecule has 1 N–H and O–H groups in total. The summed E-state index contributed by atoms with van der Waals surface area (Å²) in [7, 11) is -2.54. The zero-order chi connectivity index (χ0) is 28.6. The molecule has 0 unspecified atom stereocenters. The number of benzene rings is 3. The van der Waals surface area contributed by atoms with Gasteiger partial charge in [-0.2, -0.15) is 0 Å². The van der Waals surface area contributed by atoms with Crippen LogP contribution in [0.15, 0.2) is 72.8 Å². The van der Waals surface area contributed by atoms with E-state index in [2.05, 4.69) is 5.32 Å². The highest BCUT2D eigenvalue weighted by Gasteiger charge is 2.33. The second-order valence-corrected chi connectivity index (χ2v) is 11.5. The largest absolute Gasteiger partial charge is 0.495 e. The number of methoxy groups -OCH3 is 1. The third-order valence-electron chi connectivity index (χ3n) is 6.18. The van der Waals surface area contributed by atoms with Gasteiger partial charge in [-0.1, -0.05) is 71.8 Å². The Hall–Kier alpha value is -3.56. The highest BCUT2D eigenvalue weighted by Crippen LogP contribution is 2.33. The molecule has 0 heterocycles. The summed E-state index contributed by atoms with van der Waals surface area (Å²) in [6.45, 7) is 3.71. The number of rotatable bonds is 12. The van der Waals surface area contributed by atoms with Crippen LogP contribution in [0.1, 0.15) is 23.6 Å². The van der Waals surface area contributed by atoms with Gasteiger partial charge in [0.2, 0.25) is 21.8 Å². The van der Waals surface area contributed by atoms with E-state index in [1.807, 2.05) is 61.5 Å². The Morgan fingerprint density at radius 2 is 1.67 bits per heavy atom. The Labute approximate surface area is 235 Å². The molecule has 39 heavy (non-hydrogen) atoms. The number of nitrogens with zero attached hydrogens (tertiary/aromatic N) is 2. The molecule has 208 valence electrons. The van der Waals surface area contributed by atoms with Crippen molar-refractivity contribution in [3.05, 3.63) is 94.5 Å². The Bertz CT molecular complexity index is 1380. The van der Waals surface area contributed by atoms with Crippen LogP contribution in [0.25, 0.3) is 0 Å². The van der Waals surface area contributed by atoms with Crippen molar-refractivity contribution in [1.82, 2.24) is 10.2 Å². The lowest BCUT2D eigenvalue weighted by Gasteiger charge is -2.33. The molecule has 0 aliphatic rings. The smallest absolute Gasteiger partial charge is 0.244 e. The number of carbonyl (C=O) groups is 2. The Kier molecular flexibility index (Phi) is 10.4. The van der Waals surface area contributed by atoms with Crippen LogP contribution in [0, 0.1) is 6.92 Å². The molecule has 0 saturated heterocycles. The van der Waals surface area contributed by atoms with Crippen LogP contribution in [-0.4, -0.2) is 57.6 Å². The molecule has 2 amide bonds. The third kappa shape index (κ3) is 8.21. The number of anilines is 1. The fourth-order valence-corrected chi connectivity index (χ4v) is 5.20. The predicted octanol–water partition coefficient (Wildman–Crippen LogP) is 4.20. The fourth-order valence-electron chi connectivity index (χ4n) is 4.19. The van der Waals surface area contributed by atoms with Crippen LogP contribution in [0.2, 0.25) is 5.02 Å². The first-order valence-corrected chi connectivity index (χ1v) is 14.7. The SMILES string of the molecule is CCNC(=O)[C@H](Cc1ccccc1)N(Cc1ccc(C)cc1)C(=O)CN(c1cc(Cl)ccc1OC)S(C)(=O)=O. The van der Waals surface area contributed by atoms with E-state index in [0.29, 0.717) is 6.54 Å². The highest BCUT2D eigenvalue weighted by atomic mass is 35.5. The van der Waals surface area contributed by atoms with Crippen LogP contribution in [0.4, 0.5) is 5.69 Å². The van der Waals surface area contributed by atoms with E-state index in [-0.39, 0.29) is 35.3 Å². The van der Waals surface area contributed by atoms with Crippen LogP contribution >= 0.6 is 11.6 Å². The van der Waals surface area contributed by atoms with Crippen molar-refractivity contribution in [3.63, 3.8) is 0 Å². The van der Waals surface area contributed by atoms with Gasteiger partial charge in [-0.15, -0.1) is 0 Å². The molecule has 3 aromatic carbocycles. The van der Waals surface area contributed by atoms with Gasteiger partial charge in [-0.3, -0.25) is 13.9 Å². The van der Waals surface area contributed by atoms with E-state index < -0.39 is 28.5 Å². The first kappa shape index (κ1) is 30.0. The van der Waals surface area contributed by atoms with Crippen LogP contribution < -0.4 is 14.4 Å². The highest BCUT2D eigenvalue weighted by molar-refractivity contribution is 7.92. The monoisotopic (exact) mass is 571 g/mol. The van der Waals surface area contributed by atoms with Gasteiger partial charge in [0.1, 0.15) is 18.3 Å². The zero-order valence-corrected chi connectivity index (χ0v) is 24.1. The summed E-state index contributed by atoms with van der Waals surface area (Å²) in [4.78, 5) is 28.8. The summed E-state index contributed by atoms with van der Waals surface area (Å²) in [5, 5.41) is 3.12. The maximum absolute atomic E-state index is 14.0. The normalized spacial score (nSPS) is 11.9. The summed E-state index contributed by atoms with van der Waals surface area (Å²) in [5.41, 5.74) is 2.86. The Morgan fingerprint density at radius 1 is 1.00 bits per heavy atom. The molecular formula is C29H34ClN3O5S. The number of ether oxygens (including phenoxy) is 1. The van der Waals surface area contributed by atoms with Gasteiger partial charge in [0.15, 0.2) is 0 Å². The minimum absolute atomic E-state index is 0.109. The quantitative estimate of drug-likeness (QED) is 0.351. The average Bonchev–Trinajstić information content (AvgIpc) is 2.90. The Morgan fingerprint density at radius 3 is 2.26 bits per heavy atom. The third-order valence-corrected chi connectivity index (χ3v) is 7.55. The molecule has 0 spiro atoms. The first-order chi connectivity index (χ1) is 18.5. The number of hydrogen-bond acceptors (Lipinski definition) is 5. The first-order valence-electron chi connectivity index (χ1n) is 12.5. The standard InChI is InChI=1S/C29H34ClN3O5S/c1-5-31-29(35)26(17-22-9-7-6-8-10-22)32(19-23-13-11-21(2)12-14-23)28(34)20-33(39(4,36)37)25-18-24(30)15-16-27(25)38-3/h6-16,18,26H,5,17,19-20H2,1-4H3,(H,31,35)/t26-/m0/s1. The molecule has 0 bridgehead atoms. The molecular weight excluding hydrogens is 538 g/mol. The van der Waals surface area contributed by atoms with Gasteiger partial charge in [0.05, 0.1) is 19.1 Å². The van der Waals surface area contributed by atoms with Gasteiger partial charge >= 0.3 is 0 Å². The summed E-state index contributed by atoms with van der Waals surface area (Å²) in [5.74, 6) is -0.629. The molecule has 0 aromatic heterocycles. The number of hydrogen-bond donors (Lipinski definition) is 1. The van der Waals surface area contributed by atoms with Crippen molar-refractivity contribution in [2.45, 2.75) is 32.9 Å². The van der Waals surface area contributed by atoms with Crippen LogP contribution in [0.5, 0.6) is 5.75 Å². The van der Waals surface area contributed by atoms with Gasteiger partial charge in [0.25, 0.3) is 0 Å². The maximum atomic E-state index is 14.0. The summed E-state index contributed by atoms with van der Waals surface area (Å²) in [6.07, 6.45) is 1.26. The molecule has 0 radical (unpaired) electrons. The molecule has 0 aliphatic heterocycles.